The highest BCUT2D eigenvalue weighted by atomic mass is 35.5. The first-order valence-corrected chi connectivity index (χ1v) is 5.73. The van der Waals surface area contributed by atoms with Crippen LogP contribution >= 0.6 is 12.4 Å². The van der Waals surface area contributed by atoms with Gasteiger partial charge in [0.2, 0.25) is 0 Å². The van der Waals surface area contributed by atoms with Crippen molar-refractivity contribution >= 4 is 18.4 Å². The Morgan fingerprint density at radius 1 is 0.944 bits per heavy atom. The van der Waals surface area contributed by atoms with Gasteiger partial charge >= 0.3 is 5.97 Å². The number of hydrogen-bond acceptors (Lipinski definition) is 3. The van der Waals surface area contributed by atoms with Gasteiger partial charge in [-0.05, 0) is 68.0 Å². The Morgan fingerprint density at radius 3 is 1.61 bits per heavy atom. The summed E-state index contributed by atoms with van der Waals surface area (Å²) in [6.45, 7) is 10.2. The number of rotatable bonds is 2. The Balaban J connectivity index is 0.00000289. The van der Waals surface area contributed by atoms with Crippen LogP contribution in [0.15, 0.2) is 0 Å². The zero-order valence-electron chi connectivity index (χ0n) is 11.9. The lowest BCUT2D eigenvalue weighted by molar-refractivity contribution is -0.142. The van der Waals surface area contributed by atoms with Crippen molar-refractivity contribution in [1.82, 2.24) is 0 Å². The first-order chi connectivity index (χ1) is 7.82. The second-order valence-electron chi connectivity index (χ2n) is 4.54. The average molecular weight is 272 g/mol. The van der Waals surface area contributed by atoms with E-state index in [0.717, 1.165) is 16.7 Å². The van der Waals surface area contributed by atoms with E-state index >= 15 is 0 Å². The number of esters is 1. The second kappa shape index (κ2) is 6.21. The molecule has 0 saturated carbocycles. The van der Waals surface area contributed by atoms with Crippen LogP contribution in [0.1, 0.15) is 39.4 Å². The summed E-state index contributed by atoms with van der Waals surface area (Å²) in [5.74, 6) is -0.390. The number of methoxy groups -OCH3 is 1. The number of benzene rings is 1. The van der Waals surface area contributed by atoms with E-state index in [9.17, 15) is 4.79 Å². The van der Waals surface area contributed by atoms with Crippen molar-refractivity contribution in [3.05, 3.63) is 33.4 Å². The fraction of sp³-hybridized carbons (Fsp3) is 0.500. The highest BCUT2D eigenvalue weighted by molar-refractivity contribution is 5.85. The van der Waals surface area contributed by atoms with Crippen molar-refractivity contribution in [3.63, 3.8) is 0 Å². The lowest BCUT2D eigenvalue weighted by Gasteiger charge is -2.21. The lowest BCUT2D eigenvalue weighted by Crippen LogP contribution is -2.25. The van der Waals surface area contributed by atoms with Gasteiger partial charge in [0.05, 0.1) is 7.11 Å². The van der Waals surface area contributed by atoms with Crippen LogP contribution in [0, 0.1) is 34.6 Å². The van der Waals surface area contributed by atoms with E-state index < -0.39 is 6.04 Å². The van der Waals surface area contributed by atoms with Gasteiger partial charge in [0.1, 0.15) is 6.04 Å². The van der Waals surface area contributed by atoms with Gasteiger partial charge in [-0.3, -0.25) is 4.79 Å². The van der Waals surface area contributed by atoms with Crippen LogP contribution in [0.3, 0.4) is 0 Å². The molecule has 0 saturated heterocycles. The zero-order chi connectivity index (χ0) is 13.3. The number of ether oxygens (including phenoxy) is 1. The van der Waals surface area contributed by atoms with Crippen molar-refractivity contribution < 1.29 is 9.53 Å². The maximum atomic E-state index is 11.6. The summed E-state index contributed by atoms with van der Waals surface area (Å²) in [6.07, 6.45) is 0. The monoisotopic (exact) mass is 271 g/mol. The number of carbonyl (C=O) groups excluding carboxylic acids is 1. The number of carbonyl (C=O) groups is 1. The molecule has 0 aliphatic heterocycles. The van der Waals surface area contributed by atoms with Crippen LogP contribution in [0.2, 0.25) is 0 Å². The van der Waals surface area contributed by atoms with Gasteiger partial charge in [-0.15, -0.1) is 12.4 Å². The van der Waals surface area contributed by atoms with E-state index in [4.69, 9.17) is 10.5 Å². The summed E-state index contributed by atoms with van der Waals surface area (Å²) >= 11 is 0. The van der Waals surface area contributed by atoms with Gasteiger partial charge in [0, 0.05) is 0 Å². The lowest BCUT2D eigenvalue weighted by atomic mass is 9.86. The molecule has 4 heteroatoms. The van der Waals surface area contributed by atoms with E-state index in [-0.39, 0.29) is 18.4 Å². The molecule has 0 spiro atoms. The first-order valence-electron chi connectivity index (χ1n) is 5.73. The Kier molecular flexibility index (Phi) is 5.84. The van der Waals surface area contributed by atoms with Crippen LogP contribution in [0.25, 0.3) is 0 Å². The Morgan fingerprint density at radius 2 is 1.28 bits per heavy atom. The van der Waals surface area contributed by atoms with Gasteiger partial charge in [-0.2, -0.15) is 0 Å². The van der Waals surface area contributed by atoms with Crippen LogP contribution in [-0.4, -0.2) is 13.1 Å². The topological polar surface area (TPSA) is 52.3 Å². The zero-order valence-corrected chi connectivity index (χ0v) is 12.7. The maximum Gasteiger partial charge on any atom is 0.327 e. The molecule has 1 rings (SSSR count). The van der Waals surface area contributed by atoms with Gasteiger partial charge in [0.25, 0.3) is 0 Å². The fourth-order valence-electron chi connectivity index (χ4n) is 2.24. The molecule has 1 aromatic rings. The quantitative estimate of drug-likeness (QED) is 0.842. The van der Waals surface area contributed by atoms with Crippen LogP contribution in [0.5, 0.6) is 0 Å². The van der Waals surface area contributed by atoms with E-state index in [1.165, 1.54) is 23.8 Å². The normalized spacial score (nSPS) is 11.7. The molecular formula is C14H22ClNO2. The molecule has 0 bridgehead atoms. The van der Waals surface area contributed by atoms with Crippen molar-refractivity contribution in [2.24, 2.45) is 5.73 Å². The number of nitrogens with two attached hydrogens (primary N) is 1. The van der Waals surface area contributed by atoms with Gasteiger partial charge < -0.3 is 10.5 Å². The number of halogens is 1. The summed E-state index contributed by atoms with van der Waals surface area (Å²) in [5.41, 5.74) is 12.7. The number of hydrogen-bond donors (Lipinski definition) is 1. The van der Waals surface area contributed by atoms with E-state index in [2.05, 4.69) is 20.8 Å². The molecule has 1 atom stereocenters. The second-order valence-corrected chi connectivity index (χ2v) is 4.54. The van der Waals surface area contributed by atoms with E-state index in [1.54, 1.807) is 0 Å². The molecule has 2 N–H and O–H groups in total. The average Bonchev–Trinajstić information content (AvgIpc) is 2.32. The minimum Gasteiger partial charge on any atom is -0.468 e. The Labute approximate surface area is 115 Å². The summed E-state index contributed by atoms with van der Waals surface area (Å²) < 4.78 is 4.72. The molecule has 0 aromatic heterocycles. The molecule has 18 heavy (non-hydrogen) atoms. The molecule has 0 amide bonds. The van der Waals surface area contributed by atoms with E-state index in [1.807, 2.05) is 13.8 Å². The Hall–Kier alpha value is -1.06. The van der Waals surface area contributed by atoms with Crippen LogP contribution in [-0.2, 0) is 9.53 Å². The molecule has 0 fully saturated rings. The molecule has 0 radical (unpaired) electrons. The molecule has 1 aromatic carbocycles. The maximum absolute atomic E-state index is 11.6. The van der Waals surface area contributed by atoms with Crippen molar-refractivity contribution in [2.75, 3.05) is 7.11 Å². The molecule has 0 aliphatic carbocycles. The predicted molar refractivity (Wildman–Crippen MR) is 76.3 cm³/mol. The van der Waals surface area contributed by atoms with Gasteiger partial charge in [0.15, 0.2) is 0 Å². The molecule has 0 aliphatic rings. The summed E-state index contributed by atoms with van der Waals surface area (Å²) in [7, 11) is 1.36. The molecule has 0 heterocycles. The molecular weight excluding hydrogens is 250 g/mol. The SMILES string of the molecule is COC(=O)[C@H](N)c1c(C)c(C)c(C)c(C)c1C.Cl. The summed E-state index contributed by atoms with van der Waals surface area (Å²) in [4.78, 5) is 11.6. The molecule has 102 valence electrons. The van der Waals surface area contributed by atoms with Gasteiger partial charge in [-0.1, -0.05) is 0 Å². The third-order valence-corrected chi connectivity index (χ3v) is 3.82. The van der Waals surface area contributed by atoms with Crippen LogP contribution in [0.4, 0.5) is 0 Å². The van der Waals surface area contributed by atoms with Crippen molar-refractivity contribution in [3.8, 4) is 0 Å². The molecule has 3 nitrogen and oxygen atoms in total. The molecule has 0 unspecified atom stereocenters. The fourth-order valence-corrected chi connectivity index (χ4v) is 2.24. The highest BCUT2D eigenvalue weighted by Gasteiger charge is 2.23. The van der Waals surface area contributed by atoms with Crippen molar-refractivity contribution in [1.29, 1.82) is 0 Å². The Bertz CT molecular complexity index is 440. The summed E-state index contributed by atoms with van der Waals surface area (Å²) in [5, 5.41) is 0. The third kappa shape index (κ3) is 2.68. The standard InChI is InChI=1S/C14H21NO2.ClH/c1-7-8(2)10(4)12(11(5)9(7)3)13(15)14(16)17-6;/h13H,15H2,1-6H3;1H/t13-;/m1./s1. The third-order valence-electron chi connectivity index (χ3n) is 3.82. The van der Waals surface area contributed by atoms with Gasteiger partial charge in [-0.25, -0.2) is 0 Å². The minimum atomic E-state index is -0.696. The first kappa shape index (κ1) is 16.9. The van der Waals surface area contributed by atoms with Crippen molar-refractivity contribution in [2.45, 2.75) is 40.7 Å². The summed E-state index contributed by atoms with van der Waals surface area (Å²) in [6, 6.07) is -0.696. The van der Waals surface area contributed by atoms with Crippen LogP contribution < -0.4 is 5.73 Å². The smallest absolute Gasteiger partial charge is 0.327 e. The largest absolute Gasteiger partial charge is 0.468 e. The minimum absolute atomic E-state index is 0. The van der Waals surface area contributed by atoms with E-state index in [0.29, 0.717) is 0 Å². The highest BCUT2D eigenvalue weighted by Crippen LogP contribution is 2.29. The predicted octanol–water partition coefficient (Wildman–Crippen LogP) is 2.82.